The molecule has 1 aliphatic heterocycles. The summed E-state index contributed by atoms with van der Waals surface area (Å²) in [5.74, 6) is 1.76. The molecule has 2 nitrogen and oxygen atoms in total. The summed E-state index contributed by atoms with van der Waals surface area (Å²) in [5, 5.41) is 2.86. The van der Waals surface area contributed by atoms with E-state index in [2.05, 4.69) is 110 Å². The summed E-state index contributed by atoms with van der Waals surface area (Å²) in [7, 11) is 1.27. The van der Waals surface area contributed by atoms with Gasteiger partial charge in [0.25, 0.3) is 0 Å². The van der Waals surface area contributed by atoms with Crippen LogP contribution in [0.3, 0.4) is 0 Å². The molecule has 0 N–H and O–H groups in total. The molecule has 174 valence electrons. The first-order valence-corrected chi connectivity index (χ1v) is 14.9. The molecule has 0 saturated carbocycles. The summed E-state index contributed by atoms with van der Waals surface area (Å²) in [5.41, 5.74) is 7.57. The average molecular weight is 475 g/mol. The van der Waals surface area contributed by atoms with Gasteiger partial charge in [0, 0.05) is 0 Å². The first kappa shape index (κ1) is 22.9. The molecular formula is C32H30O2Si. The largest absolute Gasteiger partial charge is 0.497 e. The Morgan fingerprint density at radius 2 is 0.829 bits per heavy atom. The van der Waals surface area contributed by atoms with E-state index in [1.165, 1.54) is 43.8 Å². The zero-order chi connectivity index (χ0) is 24.4. The zero-order valence-electron chi connectivity index (χ0n) is 20.7. The van der Waals surface area contributed by atoms with E-state index in [0.29, 0.717) is 0 Å². The van der Waals surface area contributed by atoms with E-state index >= 15 is 0 Å². The molecule has 5 rings (SSSR count). The van der Waals surface area contributed by atoms with Crippen LogP contribution in [-0.4, -0.2) is 22.3 Å². The lowest BCUT2D eigenvalue weighted by atomic mass is 9.89. The highest BCUT2D eigenvalue weighted by Gasteiger charge is 2.43. The molecule has 0 saturated heterocycles. The van der Waals surface area contributed by atoms with Crippen LogP contribution >= 0.6 is 0 Å². The minimum atomic E-state index is -2.20. The lowest BCUT2D eigenvalue weighted by molar-refractivity contribution is 0.414. The number of methoxy groups -OCH3 is 2. The summed E-state index contributed by atoms with van der Waals surface area (Å²) in [6.45, 7) is 4.94. The highest BCUT2D eigenvalue weighted by molar-refractivity contribution is 7.13. The summed E-state index contributed by atoms with van der Waals surface area (Å²) < 4.78 is 11.3. The number of hydrogen-bond acceptors (Lipinski definition) is 2. The van der Waals surface area contributed by atoms with Gasteiger partial charge in [0.1, 0.15) is 19.6 Å². The quantitative estimate of drug-likeness (QED) is 0.263. The van der Waals surface area contributed by atoms with Gasteiger partial charge < -0.3 is 9.47 Å². The number of ether oxygens (including phenoxy) is 2. The van der Waals surface area contributed by atoms with Crippen LogP contribution in [0, 0.1) is 0 Å². The van der Waals surface area contributed by atoms with Crippen LogP contribution in [0.2, 0.25) is 13.1 Å². The Morgan fingerprint density at radius 1 is 0.457 bits per heavy atom. The Balaban J connectivity index is 1.90. The molecule has 4 aromatic rings. The Hall–Kier alpha value is -3.82. The molecule has 0 aromatic heterocycles. The second-order valence-corrected chi connectivity index (χ2v) is 13.6. The average Bonchev–Trinajstić information content (AvgIpc) is 3.16. The summed E-state index contributed by atoms with van der Waals surface area (Å²) in [6, 6.07) is 38.7. The molecule has 0 radical (unpaired) electrons. The molecule has 0 atom stereocenters. The molecule has 4 aromatic carbocycles. The van der Waals surface area contributed by atoms with Gasteiger partial charge in [-0.2, -0.15) is 0 Å². The smallest absolute Gasteiger partial charge is 0.119 e. The molecule has 0 spiro atoms. The Labute approximate surface area is 209 Å². The van der Waals surface area contributed by atoms with Crippen molar-refractivity contribution >= 4 is 29.6 Å². The van der Waals surface area contributed by atoms with E-state index in [4.69, 9.17) is 9.47 Å². The lowest BCUT2D eigenvalue weighted by Gasteiger charge is -2.27. The topological polar surface area (TPSA) is 18.5 Å². The van der Waals surface area contributed by atoms with Crippen molar-refractivity contribution in [3.8, 4) is 11.5 Å². The van der Waals surface area contributed by atoms with Crippen molar-refractivity contribution < 1.29 is 9.47 Å². The van der Waals surface area contributed by atoms with Crippen molar-refractivity contribution in [3.05, 3.63) is 131 Å². The first-order valence-electron chi connectivity index (χ1n) is 11.9. The van der Waals surface area contributed by atoms with Crippen LogP contribution < -0.4 is 9.47 Å². The second kappa shape index (κ2) is 9.44. The van der Waals surface area contributed by atoms with Crippen molar-refractivity contribution in [2.75, 3.05) is 14.2 Å². The molecule has 0 aliphatic carbocycles. The summed E-state index contributed by atoms with van der Waals surface area (Å²) in [4.78, 5) is 0. The van der Waals surface area contributed by atoms with Gasteiger partial charge in [0.15, 0.2) is 0 Å². The lowest BCUT2D eigenvalue weighted by Crippen LogP contribution is -2.28. The van der Waals surface area contributed by atoms with Gasteiger partial charge in [-0.05, 0) is 68.1 Å². The van der Waals surface area contributed by atoms with Crippen molar-refractivity contribution in [1.82, 2.24) is 0 Å². The Bertz CT molecular complexity index is 1310. The van der Waals surface area contributed by atoms with E-state index < -0.39 is 8.07 Å². The van der Waals surface area contributed by atoms with Gasteiger partial charge in [-0.1, -0.05) is 98.0 Å². The number of hydrogen-bond donors (Lipinski definition) is 0. The molecular weight excluding hydrogens is 444 g/mol. The van der Waals surface area contributed by atoms with Gasteiger partial charge in [0.05, 0.1) is 14.2 Å². The Kier molecular flexibility index (Phi) is 6.19. The fraction of sp³-hybridized carbons (Fsp3) is 0.125. The van der Waals surface area contributed by atoms with Gasteiger partial charge >= 0.3 is 0 Å². The van der Waals surface area contributed by atoms with Crippen LogP contribution in [0.15, 0.2) is 109 Å². The normalized spacial score (nSPS) is 14.9. The first-order chi connectivity index (χ1) is 17.0. The highest BCUT2D eigenvalue weighted by Crippen LogP contribution is 2.55. The van der Waals surface area contributed by atoms with Gasteiger partial charge in [-0.15, -0.1) is 0 Å². The van der Waals surface area contributed by atoms with Crippen molar-refractivity contribution in [3.63, 3.8) is 0 Å². The fourth-order valence-corrected chi connectivity index (χ4v) is 9.15. The minimum Gasteiger partial charge on any atom is -0.497 e. The highest BCUT2D eigenvalue weighted by atomic mass is 28.3. The van der Waals surface area contributed by atoms with Crippen molar-refractivity contribution in [2.45, 2.75) is 13.1 Å². The predicted molar refractivity (Wildman–Crippen MR) is 150 cm³/mol. The molecule has 1 heterocycles. The molecule has 35 heavy (non-hydrogen) atoms. The zero-order valence-corrected chi connectivity index (χ0v) is 21.7. The second-order valence-electron chi connectivity index (χ2n) is 9.32. The van der Waals surface area contributed by atoms with E-state index in [1.54, 1.807) is 14.2 Å². The fourth-order valence-electron chi connectivity index (χ4n) is 5.35. The molecule has 0 fully saturated rings. The molecule has 0 bridgehead atoms. The van der Waals surface area contributed by atoms with E-state index in [0.717, 1.165) is 11.5 Å². The number of allylic oxidation sites excluding steroid dienone is 2. The monoisotopic (exact) mass is 474 g/mol. The third-order valence-corrected chi connectivity index (χ3v) is 10.4. The van der Waals surface area contributed by atoms with Gasteiger partial charge in [-0.3, -0.25) is 0 Å². The van der Waals surface area contributed by atoms with E-state index in [1.807, 2.05) is 12.1 Å². The minimum absolute atomic E-state index is 0.878. The van der Waals surface area contributed by atoms with Crippen LogP contribution in [0.4, 0.5) is 0 Å². The van der Waals surface area contributed by atoms with Crippen molar-refractivity contribution in [2.24, 2.45) is 0 Å². The maximum absolute atomic E-state index is 5.64. The maximum atomic E-state index is 5.64. The van der Waals surface area contributed by atoms with Gasteiger partial charge in [0.2, 0.25) is 0 Å². The third kappa shape index (κ3) is 4.13. The SMILES string of the molecule is COc1cccc(C2=C(c3ccccc3)C(c3ccccc3)=C(c3cccc(OC)c3)[Si]2(C)C)c1. The third-order valence-electron chi connectivity index (χ3n) is 6.84. The van der Waals surface area contributed by atoms with E-state index in [-0.39, 0.29) is 0 Å². The predicted octanol–water partition coefficient (Wildman–Crippen LogP) is 8.03. The number of benzene rings is 4. The van der Waals surface area contributed by atoms with Crippen LogP contribution in [0.5, 0.6) is 11.5 Å². The van der Waals surface area contributed by atoms with Gasteiger partial charge in [-0.25, -0.2) is 0 Å². The maximum Gasteiger partial charge on any atom is 0.119 e. The molecule has 1 aliphatic rings. The number of rotatable bonds is 6. The van der Waals surface area contributed by atoms with Crippen molar-refractivity contribution in [1.29, 1.82) is 0 Å². The molecule has 0 amide bonds. The molecule has 3 heteroatoms. The Morgan fingerprint density at radius 3 is 1.20 bits per heavy atom. The van der Waals surface area contributed by atoms with Crippen LogP contribution in [-0.2, 0) is 0 Å². The summed E-state index contributed by atoms with van der Waals surface area (Å²) >= 11 is 0. The summed E-state index contributed by atoms with van der Waals surface area (Å²) in [6.07, 6.45) is 0. The van der Waals surface area contributed by atoms with Crippen LogP contribution in [0.25, 0.3) is 21.5 Å². The van der Waals surface area contributed by atoms with E-state index in [9.17, 15) is 0 Å². The van der Waals surface area contributed by atoms with Crippen LogP contribution in [0.1, 0.15) is 22.3 Å². The standard InChI is InChI=1S/C32H30O2Si/c1-33-27-19-11-17-25(21-27)31-29(23-13-7-5-8-14-23)30(24-15-9-6-10-16-24)32(35(31,3)4)26-18-12-20-28(22-26)34-2/h5-22H,1-4H3. The molecule has 0 unspecified atom stereocenters.